The first-order valence-corrected chi connectivity index (χ1v) is 3.87. The first-order valence-electron chi connectivity index (χ1n) is 3.87. The third kappa shape index (κ3) is 1.74. The first kappa shape index (κ1) is 9.44. The van der Waals surface area contributed by atoms with Crippen molar-refractivity contribution >= 4 is 5.91 Å². The molecule has 1 aliphatic rings. The standard InChI is InChI=1S/C7H14N2O3/c1-12-6-4-9(3-5(6)10)7(11)2-8/h5-6,10H,2-4,8H2,1H3/t5-,6+/m0/s1. The number of β-amino-alcohol motifs (C(OH)–C–C–N with tert-alkyl or cyclic N) is 1. The minimum Gasteiger partial charge on any atom is -0.388 e. The molecule has 1 aliphatic heterocycles. The number of carbonyl (C=O) groups is 1. The molecule has 1 amide bonds. The van der Waals surface area contributed by atoms with Gasteiger partial charge in [0, 0.05) is 20.2 Å². The number of hydrogen-bond donors (Lipinski definition) is 2. The monoisotopic (exact) mass is 174 g/mol. The van der Waals surface area contributed by atoms with E-state index in [1.54, 1.807) is 0 Å². The Morgan fingerprint density at radius 1 is 1.75 bits per heavy atom. The third-order valence-electron chi connectivity index (χ3n) is 2.07. The molecule has 0 unspecified atom stereocenters. The Labute approximate surface area is 71.1 Å². The van der Waals surface area contributed by atoms with Crippen molar-refractivity contribution in [2.75, 3.05) is 26.7 Å². The van der Waals surface area contributed by atoms with Gasteiger partial charge in [-0.25, -0.2) is 0 Å². The van der Waals surface area contributed by atoms with Crippen LogP contribution in [0.1, 0.15) is 0 Å². The van der Waals surface area contributed by atoms with Gasteiger partial charge in [0.05, 0.1) is 12.6 Å². The zero-order valence-electron chi connectivity index (χ0n) is 7.06. The number of likely N-dealkylation sites (tertiary alicyclic amines) is 1. The van der Waals surface area contributed by atoms with Gasteiger partial charge in [0.15, 0.2) is 0 Å². The van der Waals surface area contributed by atoms with Crippen LogP contribution in [0.25, 0.3) is 0 Å². The summed E-state index contributed by atoms with van der Waals surface area (Å²) in [6, 6.07) is 0. The molecular formula is C7H14N2O3. The van der Waals surface area contributed by atoms with E-state index in [1.807, 2.05) is 0 Å². The molecule has 0 aromatic heterocycles. The van der Waals surface area contributed by atoms with Gasteiger partial charge >= 0.3 is 0 Å². The van der Waals surface area contributed by atoms with E-state index in [0.717, 1.165) is 0 Å². The van der Waals surface area contributed by atoms with Crippen molar-refractivity contribution in [2.24, 2.45) is 5.73 Å². The van der Waals surface area contributed by atoms with Crippen LogP contribution in [0.4, 0.5) is 0 Å². The molecule has 0 saturated carbocycles. The fourth-order valence-corrected chi connectivity index (χ4v) is 1.32. The summed E-state index contributed by atoms with van der Waals surface area (Å²) in [7, 11) is 1.52. The Morgan fingerprint density at radius 2 is 2.42 bits per heavy atom. The molecule has 0 spiro atoms. The Morgan fingerprint density at radius 3 is 2.83 bits per heavy atom. The van der Waals surface area contributed by atoms with Crippen molar-refractivity contribution in [1.29, 1.82) is 0 Å². The molecule has 0 aromatic rings. The lowest BCUT2D eigenvalue weighted by atomic mass is 10.3. The molecule has 1 rings (SSSR count). The number of amides is 1. The van der Waals surface area contributed by atoms with Crippen molar-refractivity contribution in [2.45, 2.75) is 12.2 Å². The fraction of sp³-hybridized carbons (Fsp3) is 0.857. The second-order valence-electron chi connectivity index (χ2n) is 2.84. The smallest absolute Gasteiger partial charge is 0.236 e. The summed E-state index contributed by atoms with van der Waals surface area (Å²) in [5.41, 5.74) is 5.17. The summed E-state index contributed by atoms with van der Waals surface area (Å²) in [4.78, 5) is 12.6. The second-order valence-corrected chi connectivity index (χ2v) is 2.84. The molecule has 5 heteroatoms. The maximum Gasteiger partial charge on any atom is 0.236 e. The molecule has 0 aliphatic carbocycles. The van der Waals surface area contributed by atoms with Gasteiger partial charge < -0.3 is 20.5 Å². The number of methoxy groups -OCH3 is 1. The van der Waals surface area contributed by atoms with Gasteiger partial charge in [-0.3, -0.25) is 4.79 Å². The Kier molecular flexibility index (Phi) is 3.02. The molecule has 1 heterocycles. The Bertz CT molecular complexity index is 174. The van der Waals surface area contributed by atoms with E-state index in [0.29, 0.717) is 13.1 Å². The van der Waals surface area contributed by atoms with Crippen LogP contribution in [0.2, 0.25) is 0 Å². The summed E-state index contributed by atoms with van der Waals surface area (Å²) in [5, 5.41) is 9.34. The molecule has 3 N–H and O–H groups in total. The van der Waals surface area contributed by atoms with E-state index in [2.05, 4.69) is 0 Å². The molecule has 1 fully saturated rings. The van der Waals surface area contributed by atoms with Crippen LogP contribution < -0.4 is 5.73 Å². The predicted octanol–water partition coefficient (Wildman–Crippen LogP) is -1.84. The highest BCUT2D eigenvalue weighted by molar-refractivity contribution is 5.78. The van der Waals surface area contributed by atoms with Gasteiger partial charge in [0.1, 0.15) is 6.10 Å². The maximum atomic E-state index is 11.1. The van der Waals surface area contributed by atoms with E-state index in [-0.39, 0.29) is 18.6 Å². The highest BCUT2D eigenvalue weighted by Crippen LogP contribution is 2.12. The van der Waals surface area contributed by atoms with Crippen LogP contribution in [0.5, 0.6) is 0 Å². The van der Waals surface area contributed by atoms with Gasteiger partial charge in [0.25, 0.3) is 0 Å². The minimum atomic E-state index is -0.578. The fourth-order valence-electron chi connectivity index (χ4n) is 1.32. The molecule has 70 valence electrons. The SMILES string of the molecule is CO[C@@H]1CN(C(=O)CN)C[C@@H]1O. The normalized spacial score (nSPS) is 29.4. The number of nitrogens with zero attached hydrogens (tertiary/aromatic N) is 1. The van der Waals surface area contributed by atoms with Crippen LogP contribution in [-0.4, -0.2) is 54.9 Å². The van der Waals surface area contributed by atoms with Crippen molar-refractivity contribution in [3.63, 3.8) is 0 Å². The third-order valence-corrected chi connectivity index (χ3v) is 2.07. The number of rotatable bonds is 2. The predicted molar refractivity (Wildman–Crippen MR) is 42.4 cm³/mol. The number of aliphatic hydroxyl groups is 1. The van der Waals surface area contributed by atoms with E-state index >= 15 is 0 Å². The van der Waals surface area contributed by atoms with Crippen LogP contribution in [0, 0.1) is 0 Å². The van der Waals surface area contributed by atoms with Crippen LogP contribution >= 0.6 is 0 Å². The lowest BCUT2D eigenvalue weighted by molar-refractivity contribution is -0.129. The lowest BCUT2D eigenvalue weighted by Gasteiger charge is -2.13. The summed E-state index contributed by atoms with van der Waals surface area (Å²) < 4.78 is 4.96. The Balaban J connectivity index is 2.48. The molecule has 1 saturated heterocycles. The highest BCUT2D eigenvalue weighted by atomic mass is 16.5. The van der Waals surface area contributed by atoms with Gasteiger partial charge in [-0.05, 0) is 0 Å². The zero-order valence-corrected chi connectivity index (χ0v) is 7.06. The maximum absolute atomic E-state index is 11.1. The van der Waals surface area contributed by atoms with Crippen molar-refractivity contribution in [1.82, 2.24) is 4.90 Å². The molecule has 0 bridgehead atoms. The lowest BCUT2D eigenvalue weighted by Crippen LogP contribution is -2.35. The van der Waals surface area contributed by atoms with E-state index in [1.165, 1.54) is 12.0 Å². The largest absolute Gasteiger partial charge is 0.388 e. The molecular weight excluding hydrogens is 160 g/mol. The number of hydrogen-bond acceptors (Lipinski definition) is 4. The number of nitrogens with two attached hydrogens (primary N) is 1. The minimum absolute atomic E-state index is 0.0108. The summed E-state index contributed by atoms with van der Waals surface area (Å²) >= 11 is 0. The van der Waals surface area contributed by atoms with Crippen LogP contribution in [0.15, 0.2) is 0 Å². The topological polar surface area (TPSA) is 75.8 Å². The van der Waals surface area contributed by atoms with Crippen molar-refractivity contribution < 1.29 is 14.6 Å². The molecule has 0 aromatic carbocycles. The molecule has 12 heavy (non-hydrogen) atoms. The first-order chi connectivity index (χ1) is 5.69. The van der Waals surface area contributed by atoms with Gasteiger partial charge in [0.2, 0.25) is 5.91 Å². The van der Waals surface area contributed by atoms with Gasteiger partial charge in [-0.15, -0.1) is 0 Å². The Hall–Kier alpha value is -0.650. The van der Waals surface area contributed by atoms with E-state index in [9.17, 15) is 9.90 Å². The number of aliphatic hydroxyl groups excluding tert-OH is 1. The summed E-state index contributed by atoms with van der Waals surface area (Å²) in [6.45, 7) is 0.755. The average Bonchev–Trinajstić information content (AvgIpc) is 2.45. The quantitative estimate of drug-likeness (QED) is 0.516. The van der Waals surface area contributed by atoms with Crippen LogP contribution in [-0.2, 0) is 9.53 Å². The average molecular weight is 174 g/mol. The van der Waals surface area contributed by atoms with Gasteiger partial charge in [-0.1, -0.05) is 0 Å². The van der Waals surface area contributed by atoms with Crippen LogP contribution in [0.3, 0.4) is 0 Å². The van der Waals surface area contributed by atoms with E-state index < -0.39 is 6.10 Å². The zero-order chi connectivity index (χ0) is 9.14. The highest BCUT2D eigenvalue weighted by Gasteiger charge is 2.33. The number of ether oxygens (including phenoxy) is 1. The second kappa shape index (κ2) is 3.84. The summed E-state index contributed by atoms with van der Waals surface area (Å²) in [5.74, 6) is -0.145. The van der Waals surface area contributed by atoms with Crippen molar-refractivity contribution in [3.05, 3.63) is 0 Å². The molecule has 5 nitrogen and oxygen atoms in total. The van der Waals surface area contributed by atoms with E-state index in [4.69, 9.17) is 10.5 Å². The molecule has 0 radical (unpaired) electrons. The number of carbonyl (C=O) groups excluding carboxylic acids is 1. The van der Waals surface area contributed by atoms with Gasteiger partial charge in [-0.2, -0.15) is 0 Å². The van der Waals surface area contributed by atoms with Crippen molar-refractivity contribution in [3.8, 4) is 0 Å². The summed E-state index contributed by atoms with van der Waals surface area (Å²) in [6.07, 6.45) is -0.842. The molecule has 2 atom stereocenters.